The van der Waals surface area contributed by atoms with Gasteiger partial charge < -0.3 is 49.0 Å². The van der Waals surface area contributed by atoms with E-state index in [9.17, 15) is 34.8 Å². The molecule has 2 bridgehead atoms. The van der Waals surface area contributed by atoms with E-state index in [2.05, 4.69) is 24.9 Å². The second kappa shape index (κ2) is 26.1. The van der Waals surface area contributed by atoms with Gasteiger partial charge in [-0.15, -0.1) is 0 Å². The van der Waals surface area contributed by atoms with Gasteiger partial charge in [0.25, 0.3) is 11.7 Å². The van der Waals surface area contributed by atoms with E-state index in [1.165, 1.54) is 4.90 Å². The number of fused-ring (bicyclic) bond motifs is 3. The summed E-state index contributed by atoms with van der Waals surface area (Å²) in [5.74, 6) is -6.28. The van der Waals surface area contributed by atoms with E-state index < -0.39 is 77.9 Å². The molecule has 4 aliphatic rings. The molecule has 0 radical (unpaired) electrons. The van der Waals surface area contributed by atoms with Crippen LogP contribution in [0.4, 0.5) is 0 Å². The summed E-state index contributed by atoms with van der Waals surface area (Å²) in [6, 6.07) is -1.09. The maximum atomic E-state index is 14.4. The summed E-state index contributed by atoms with van der Waals surface area (Å²) in [5.41, 5.74) is 2.24. The quantitative estimate of drug-likeness (QED) is 0.129. The number of ether oxygens (including phenoxy) is 5. The maximum Gasteiger partial charge on any atom is 0.329 e. The van der Waals surface area contributed by atoms with E-state index >= 15 is 0 Å². The molecule has 0 aromatic rings. The number of carbonyl (C=O) groups is 3. The Kier molecular flexibility index (Phi) is 21.9. The number of allylic oxidation sites excluding steroid dienone is 5. The van der Waals surface area contributed by atoms with Gasteiger partial charge in [-0.25, -0.2) is 4.79 Å². The monoisotopic (exact) mass is 929 g/mol. The van der Waals surface area contributed by atoms with Crippen LogP contribution in [0.3, 0.4) is 0 Å². The van der Waals surface area contributed by atoms with Gasteiger partial charge in [0.2, 0.25) is 5.79 Å². The molecule has 4 rings (SSSR count). The number of rotatable bonds is 6. The molecule has 16 atom stereocenters. The zero-order valence-corrected chi connectivity index (χ0v) is 41.8. The highest BCUT2D eigenvalue weighted by Gasteiger charge is 2.53. The third-order valence-corrected chi connectivity index (χ3v) is 15.0. The van der Waals surface area contributed by atoms with E-state index in [1.54, 1.807) is 42.2 Å². The van der Waals surface area contributed by atoms with Crippen molar-refractivity contribution in [2.24, 2.45) is 40.5 Å². The Hall–Kier alpha value is -3.08. The highest BCUT2D eigenvalue weighted by molar-refractivity contribution is 6.39. The molecule has 1 saturated carbocycles. The molecule has 4 N–H and O–H groups in total. The van der Waals surface area contributed by atoms with Crippen molar-refractivity contribution in [2.75, 3.05) is 34.9 Å². The third kappa shape index (κ3) is 14.5. The van der Waals surface area contributed by atoms with Gasteiger partial charge >= 0.3 is 5.97 Å². The zero-order chi connectivity index (χ0) is 48.9. The minimum atomic E-state index is -2.40. The predicted molar refractivity (Wildman–Crippen MR) is 254 cm³/mol. The van der Waals surface area contributed by atoms with Crippen molar-refractivity contribution in [2.45, 2.75) is 186 Å². The minimum absolute atomic E-state index is 0.0217. The lowest BCUT2D eigenvalue weighted by atomic mass is 9.78. The largest absolute Gasteiger partial charge is 0.460 e. The lowest BCUT2D eigenvalue weighted by Gasteiger charge is -2.43. The summed E-state index contributed by atoms with van der Waals surface area (Å²) < 4.78 is 29.9. The molecule has 0 unspecified atom stereocenters. The van der Waals surface area contributed by atoms with Gasteiger partial charge in [-0.1, -0.05) is 71.1 Å². The lowest BCUT2D eigenvalue weighted by molar-refractivity contribution is -0.265. The number of hydrogen-bond acceptors (Lipinski definition) is 13. The minimum Gasteiger partial charge on any atom is -0.460 e. The first kappa shape index (κ1) is 55.5. The average Bonchev–Trinajstić information content (AvgIpc) is 3.29. The summed E-state index contributed by atoms with van der Waals surface area (Å²) in [4.78, 5) is 48.8. The zero-order valence-electron chi connectivity index (χ0n) is 41.8. The van der Waals surface area contributed by atoms with Crippen molar-refractivity contribution < 1.29 is 58.5 Å². The molecule has 374 valence electrons. The molecule has 2 saturated heterocycles. The van der Waals surface area contributed by atoms with Crippen molar-refractivity contribution >= 4 is 23.4 Å². The molecule has 3 aliphatic heterocycles. The van der Waals surface area contributed by atoms with Crippen LogP contribution in [0, 0.1) is 35.5 Å². The highest BCUT2D eigenvalue weighted by atomic mass is 16.6. The van der Waals surface area contributed by atoms with Crippen molar-refractivity contribution in [1.82, 2.24) is 4.90 Å². The Morgan fingerprint density at radius 1 is 0.848 bits per heavy atom. The number of piperidine rings is 1. The van der Waals surface area contributed by atoms with Crippen molar-refractivity contribution in [3.63, 3.8) is 0 Å². The molecule has 0 aromatic carbocycles. The van der Waals surface area contributed by atoms with E-state index in [0.29, 0.717) is 56.9 Å². The molecule has 0 aromatic heterocycles. The van der Waals surface area contributed by atoms with Crippen LogP contribution in [0.2, 0.25) is 0 Å². The number of Topliss-reactive ketones (excluding diaryl/α,β-unsaturated/α-hetero) is 1. The Bertz CT molecular complexity index is 1740. The van der Waals surface area contributed by atoms with Crippen molar-refractivity contribution in [1.29, 1.82) is 0 Å². The van der Waals surface area contributed by atoms with Gasteiger partial charge in [0, 0.05) is 65.3 Å². The van der Waals surface area contributed by atoms with Crippen LogP contribution in [0.5, 0.6) is 0 Å². The van der Waals surface area contributed by atoms with Crippen LogP contribution in [0.25, 0.3) is 0 Å². The summed E-state index contributed by atoms with van der Waals surface area (Å²) in [5, 5.41) is 46.1. The van der Waals surface area contributed by atoms with E-state index in [0.717, 1.165) is 24.1 Å². The molecule has 3 fully saturated rings. The fraction of sp³-hybridized carbons (Fsp3) is 0.769. The van der Waals surface area contributed by atoms with Gasteiger partial charge in [-0.2, -0.15) is 0 Å². The molecule has 14 heteroatoms. The Labute approximate surface area is 394 Å². The molecule has 66 heavy (non-hydrogen) atoms. The summed E-state index contributed by atoms with van der Waals surface area (Å²) in [6.07, 6.45) is 12.6. The Morgan fingerprint density at radius 2 is 1.58 bits per heavy atom. The van der Waals surface area contributed by atoms with Crippen molar-refractivity contribution in [3.05, 3.63) is 47.6 Å². The smallest absolute Gasteiger partial charge is 0.329 e. The molecule has 0 spiro atoms. The van der Waals surface area contributed by atoms with Gasteiger partial charge in [-0.3, -0.25) is 14.6 Å². The first-order chi connectivity index (χ1) is 31.3. The van der Waals surface area contributed by atoms with Crippen LogP contribution in [0.1, 0.15) is 126 Å². The Balaban J connectivity index is 1.72. The van der Waals surface area contributed by atoms with Gasteiger partial charge in [-0.05, 0) is 113 Å². The number of esters is 1. The number of aliphatic hydroxyl groups excluding tert-OH is 3. The summed E-state index contributed by atoms with van der Waals surface area (Å²) in [7, 11) is 6.46. The standard InChI is InChI=1S/C52H84N2O12/c1-31-17-13-12-14-18-32(2)43(62-9)29-39-22-20-37(7)52(61,66-39)49(58)50(59)54-24-16-15-19-40(54)51(60)65-44(34(4)27-38-21-23-41(55)45(28-38)63-10)30-42(56)33(3)26-36(6)47(57)48(64-11)46(53-8)35(5)25-31/h12-14,17-18,26,31,33-35,37-45,47-48,55-57,61H,15-16,19-25,27-30H2,1-11H3/b14-12+,17-13+,32-18+,36-26+,53-46?/t31-,33-,34-,35-,37-,38+,39+,40+,41-,42-,43+,44+,45-,47-,48+,52-/m1/s1. The van der Waals surface area contributed by atoms with Crippen LogP contribution >= 0.6 is 0 Å². The third-order valence-electron chi connectivity index (χ3n) is 15.0. The number of ketones is 1. The number of aliphatic hydroxyl groups is 4. The van der Waals surface area contributed by atoms with Gasteiger partial charge in [0.15, 0.2) is 0 Å². The van der Waals surface area contributed by atoms with Crippen LogP contribution in [0.15, 0.2) is 52.6 Å². The SMILES string of the molecule is CN=C1[C@H](C)C[C@H](C)/C=C/C=C/C=C(\C)[C@@H](OC)C[C@@H]2CC[C@@H](C)[C@@](O)(O2)C(=O)C(=O)N2CCCC[C@H]2C(=O)O[C@H]([C@H](C)C[C@@H]2CC[C@@H](O)[C@H](OC)C2)C[C@@H](O)[C@H](C)/C=C(\C)[C@@H](O)[C@H]1OC. The summed E-state index contributed by atoms with van der Waals surface area (Å²) in [6.45, 7) is 13.6. The molecular formula is C52H84N2O12. The van der Waals surface area contributed by atoms with Crippen LogP contribution in [-0.2, 0) is 38.1 Å². The molecular weight excluding hydrogens is 845 g/mol. The second-order valence-corrected chi connectivity index (χ2v) is 20.0. The van der Waals surface area contributed by atoms with E-state index in [1.807, 2.05) is 51.2 Å². The molecule has 1 amide bonds. The molecule has 1 aliphatic carbocycles. The fourth-order valence-electron chi connectivity index (χ4n) is 10.6. The van der Waals surface area contributed by atoms with Crippen LogP contribution in [-0.4, -0.2) is 144 Å². The number of methoxy groups -OCH3 is 3. The van der Waals surface area contributed by atoms with Crippen molar-refractivity contribution in [3.8, 4) is 0 Å². The number of nitrogens with zero attached hydrogens (tertiary/aromatic N) is 2. The number of amides is 1. The first-order valence-electron chi connectivity index (χ1n) is 24.5. The van der Waals surface area contributed by atoms with Gasteiger partial charge in [0.05, 0.1) is 30.5 Å². The normalized spacial score (nSPS) is 41.7. The van der Waals surface area contributed by atoms with Gasteiger partial charge in [0.1, 0.15) is 24.4 Å². The van der Waals surface area contributed by atoms with Crippen LogP contribution < -0.4 is 0 Å². The first-order valence-corrected chi connectivity index (χ1v) is 24.5. The summed E-state index contributed by atoms with van der Waals surface area (Å²) >= 11 is 0. The number of aliphatic imine (C=N–C) groups is 1. The Morgan fingerprint density at radius 3 is 2.24 bits per heavy atom. The van der Waals surface area contributed by atoms with E-state index in [-0.39, 0.29) is 55.3 Å². The number of cyclic esters (lactones) is 1. The highest BCUT2D eigenvalue weighted by Crippen LogP contribution is 2.38. The predicted octanol–water partition coefficient (Wildman–Crippen LogP) is 6.47. The average molecular weight is 929 g/mol. The fourth-order valence-corrected chi connectivity index (χ4v) is 10.6. The second-order valence-electron chi connectivity index (χ2n) is 20.0. The lowest BCUT2D eigenvalue weighted by Crippen LogP contribution is -2.61. The van der Waals surface area contributed by atoms with E-state index in [4.69, 9.17) is 23.7 Å². The number of carbonyl (C=O) groups excluding carboxylic acids is 3. The molecule has 14 nitrogen and oxygen atoms in total. The molecule has 3 heterocycles. The maximum absolute atomic E-state index is 14.4. The number of hydrogen-bond donors (Lipinski definition) is 4. The topological polar surface area (TPSA) is 194 Å².